The van der Waals surface area contributed by atoms with Gasteiger partial charge < -0.3 is 10.2 Å². The molecular weight excluding hydrogens is 368 g/mol. The molecule has 0 radical (unpaired) electrons. The maximum atomic E-state index is 11.0. The number of rotatable bonds is 4. The second-order valence-corrected chi connectivity index (χ2v) is 9.27. The predicted octanol–water partition coefficient (Wildman–Crippen LogP) is 4.63. The van der Waals surface area contributed by atoms with Gasteiger partial charge in [0.25, 0.3) is 5.69 Å². The number of phenols is 1. The predicted molar refractivity (Wildman–Crippen MR) is 110 cm³/mol. The number of hydrogen-bond acceptors (Lipinski definition) is 5. The van der Waals surface area contributed by atoms with Gasteiger partial charge in [0.05, 0.1) is 16.2 Å². The highest BCUT2D eigenvalue weighted by Crippen LogP contribution is 2.62. The first kappa shape index (κ1) is 18.3. The molecule has 2 aromatic rings. The van der Waals surface area contributed by atoms with E-state index in [1.165, 1.54) is 36.4 Å². The number of non-ortho nitro benzene ring substituents is 1. The first-order chi connectivity index (χ1) is 13.8. The zero-order valence-electron chi connectivity index (χ0n) is 16.1. The summed E-state index contributed by atoms with van der Waals surface area (Å²) in [5.74, 6) is 1.23. The number of nitro benzene ring substituents is 1. The molecule has 4 aliphatic rings. The minimum Gasteiger partial charge on any atom is -0.507 e. The fourth-order valence-electron chi connectivity index (χ4n) is 6.36. The van der Waals surface area contributed by atoms with Crippen LogP contribution in [-0.2, 0) is 5.41 Å². The third kappa shape index (κ3) is 3.21. The van der Waals surface area contributed by atoms with Gasteiger partial charge in [-0.2, -0.15) is 0 Å². The monoisotopic (exact) mass is 392 g/mol. The van der Waals surface area contributed by atoms with E-state index >= 15 is 0 Å². The molecule has 4 aliphatic carbocycles. The van der Waals surface area contributed by atoms with Gasteiger partial charge in [0.2, 0.25) is 0 Å². The van der Waals surface area contributed by atoms with E-state index in [2.05, 4.69) is 17.1 Å². The Balaban J connectivity index is 1.38. The van der Waals surface area contributed by atoms with Gasteiger partial charge in [-0.15, -0.1) is 0 Å². The van der Waals surface area contributed by atoms with Crippen LogP contribution in [0.4, 0.5) is 11.4 Å². The number of benzene rings is 2. The van der Waals surface area contributed by atoms with Gasteiger partial charge >= 0.3 is 0 Å². The molecule has 29 heavy (non-hydrogen) atoms. The Bertz CT molecular complexity index is 984. The molecule has 0 spiro atoms. The lowest BCUT2D eigenvalue weighted by atomic mass is 9.46. The highest BCUT2D eigenvalue weighted by Gasteiger charge is 2.57. The average molecular weight is 392 g/mol. The summed E-state index contributed by atoms with van der Waals surface area (Å²) in [6, 6.07) is 12.0. The summed E-state index contributed by atoms with van der Waals surface area (Å²) in [4.78, 5) is 14.8. The number of nitrogens with zero attached hydrogens (tertiary/aromatic N) is 2. The minimum atomic E-state index is -0.495. The van der Waals surface area contributed by atoms with Crippen LogP contribution in [0.1, 0.15) is 49.7 Å². The maximum absolute atomic E-state index is 11.0. The standard InChI is InChI=1S/C23H24N2O4/c26-21-6-5-20(25(28)29)8-17(21)13-24-19-3-1-18(2-4-19)22-9-15-7-16(10-22)12-23(27,11-15)14-22/h1-6,8,13,15-16,26-27H,7,9-12,14H2/t15-,16+,22?,23?. The van der Waals surface area contributed by atoms with Crippen LogP contribution >= 0.6 is 0 Å². The van der Waals surface area contributed by atoms with Gasteiger partial charge in [0, 0.05) is 23.9 Å². The third-order valence-electron chi connectivity index (χ3n) is 7.08. The molecule has 4 saturated carbocycles. The molecule has 2 aromatic carbocycles. The van der Waals surface area contributed by atoms with Crippen molar-refractivity contribution >= 4 is 17.6 Å². The molecular formula is C23H24N2O4. The van der Waals surface area contributed by atoms with E-state index in [-0.39, 0.29) is 16.9 Å². The van der Waals surface area contributed by atoms with Crippen LogP contribution in [0.5, 0.6) is 5.75 Å². The number of aromatic hydroxyl groups is 1. The number of aliphatic imine (C=N–C) groups is 1. The summed E-state index contributed by atoms with van der Waals surface area (Å²) in [5.41, 5.74) is 1.83. The summed E-state index contributed by atoms with van der Waals surface area (Å²) in [5, 5.41) is 31.8. The maximum Gasteiger partial charge on any atom is 0.270 e. The van der Waals surface area contributed by atoms with Gasteiger partial charge in [-0.25, -0.2) is 0 Å². The smallest absolute Gasteiger partial charge is 0.270 e. The summed E-state index contributed by atoms with van der Waals surface area (Å²) in [7, 11) is 0. The Kier molecular flexibility index (Phi) is 4.03. The average Bonchev–Trinajstić information content (AvgIpc) is 2.65. The largest absolute Gasteiger partial charge is 0.507 e. The van der Waals surface area contributed by atoms with Crippen LogP contribution in [0, 0.1) is 22.0 Å². The fourth-order valence-corrected chi connectivity index (χ4v) is 6.36. The zero-order valence-corrected chi connectivity index (χ0v) is 16.1. The van der Waals surface area contributed by atoms with Crippen molar-refractivity contribution in [1.29, 1.82) is 0 Å². The van der Waals surface area contributed by atoms with E-state index in [9.17, 15) is 20.3 Å². The number of hydrogen-bond donors (Lipinski definition) is 2. The Morgan fingerprint density at radius 1 is 1.07 bits per heavy atom. The third-order valence-corrected chi connectivity index (χ3v) is 7.08. The Labute approximate surface area is 169 Å². The molecule has 4 atom stereocenters. The second-order valence-electron chi connectivity index (χ2n) is 9.27. The number of nitro groups is 1. The quantitative estimate of drug-likeness (QED) is 0.450. The van der Waals surface area contributed by atoms with Crippen molar-refractivity contribution in [1.82, 2.24) is 0 Å². The molecule has 0 saturated heterocycles. The Morgan fingerprint density at radius 3 is 2.38 bits per heavy atom. The van der Waals surface area contributed by atoms with Crippen molar-refractivity contribution in [2.45, 2.75) is 49.5 Å². The van der Waals surface area contributed by atoms with Gasteiger partial charge in [-0.1, -0.05) is 12.1 Å². The fraction of sp³-hybridized carbons (Fsp3) is 0.435. The van der Waals surface area contributed by atoms with E-state index < -0.39 is 10.5 Å². The van der Waals surface area contributed by atoms with Crippen LogP contribution in [0.2, 0.25) is 0 Å². The minimum absolute atomic E-state index is 0.0437. The molecule has 6 rings (SSSR count). The lowest BCUT2D eigenvalue weighted by Gasteiger charge is -2.60. The van der Waals surface area contributed by atoms with E-state index in [0.717, 1.165) is 37.8 Å². The molecule has 0 heterocycles. The van der Waals surface area contributed by atoms with Crippen molar-refractivity contribution in [2.24, 2.45) is 16.8 Å². The molecule has 0 amide bonds. The highest BCUT2D eigenvalue weighted by molar-refractivity contribution is 5.86. The molecule has 4 fully saturated rings. The molecule has 6 heteroatoms. The normalized spacial score (nSPS) is 32.7. The molecule has 6 nitrogen and oxygen atoms in total. The van der Waals surface area contributed by atoms with Gasteiger partial charge in [0.1, 0.15) is 5.75 Å². The van der Waals surface area contributed by atoms with E-state index in [1.54, 1.807) is 0 Å². The first-order valence-electron chi connectivity index (χ1n) is 10.2. The van der Waals surface area contributed by atoms with Crippen LogP contribution in [0.15, 0.2) is 47.5 Å². The van der Waals surface area contributed by atoms with Crippen molar-refractivity contribution in [2.75, 3.05) is 0 Å². The van der Waals surface area contributed by atoms with Gasteiger partial charge in [0.15, 0.2) is 0 Å². The molecule has 2 N–H and O–H groups in total. The van der Waals surface area contributed by atoms with E-state index in [4.69, 9.17) is 0 Å². The molecule has 2 unspecified atom stereocenters. The van der Waals surface area contributed by atoms with Gasteiger partial charge in [-0.05, 0) is 79.5 Å². The van der Waals surface area contributed by atoms with Crippen LogP contribution < -0.4 is 0 Å². The van der Waals surface area contributed by atoms with E-state index in [0.29, 0.717) is 17.4 Å². The van der Waals surface area contributed by atoms with Crippen molar-refractivity contribution in [3.8, 4) is 5.75 Å². The topological polar surface area (TPSA) is 96.0 Å². The lowest BCUT2D eigenvalue weighted by Crippen LogP contribution is -2.57. The summed E-state index contributed by atoms with van der Waals surface area (Å²) in [6.45, 7) is 0. The number of phenolic OH excluding ortho intramolecular Hbond substituents is 1. The molecule has 4 bridgehead atoms. The highest BCUT2D eigenvalue weighted by atomic mass is 16.6. The van der Waals surface area contributed by atoms with Crippen molar-refractivity contribution in [3.63, 3.8) is 0 Å². The van der Waals surface area contributed by atoms with Crippen LogP contribution in [0.3, 0.4) is 0 Å². The summed E-state index contributed by atoms with van der Waals surface area (Å²) >= 11 is 0. The van der Waals surface area contributed by atoms with Crippen molar-refractivity contribution in [3.05, 3.63) is 63.7 Å². The van der Waals surface area contributed by atoms with E-state index in [1.807, 2.05) is 12.1 Å². The molecule has 0 aromatic heterocycles. The van der Waals surface area contributed by atoms with Crippen LogP contribution in [0.25, 0.3) is 0 Å². The molecule has 0 aliphatic heterocycles. The number of aliphatic hydroxyl groups is 1. The SMILES string of the molecule is O=[N+]([O-])c1ccc(O)c(C=Nc2ccc(C34C[C@@H]5C[C@@H](CC(O)(C5)C3)C4)cc2)c1. The van der Waals surface area contributed by atoms with Crippen molar-refractivity contribution < 1.29 is 15.1 Å². The molecule has 150 valence electrons. The van der Waals surface area contributed by atoms with Crippen LogP contribution in [-0.4, -0.2) is 27.0 Å². The Hall–Kier alpha value is -2.73. The summed E-state index contributed by atoms with van der Waals surface area (Å²) < 4.78 is 0. The second kappa shape index (κ2) is 6.39. The van der Waals surface area contributed by atoms with Gasteiger partial charge in [-0.3, -0.25) is 15.1 Å². The Morgan fingerprint density at radius 2 is 1.76 bits per heavy atom. The zero-order chi connectivity index (χ0) is 20.2. The lowest BCUT2D eigenvalue weighted by molar-refractivity contribution is -0.384. The first-order valence-corrected chi connectivity index (χ1v) is 10.2. The summed E-state index contributed by atoms with van der Waals surface area (Å²) in [6.07, 6.45) is 7.81.